The number of halogens is 2. The van der Waals surface area contributed by atoms with Crippen LogP contribution in [0.5, 0.6) is 0 Å². The molecule has 0 saturated heterocycles. The number of hydrogen-bond acceptors (Lipinski definition) is 1. The molecule has 0 N–H and O–H groups in total. The molecule has 0 saturated carbocycles. The third kappa shape index (κ3) is 4.87. The second-order valence-electron chi connectivity index (χ2n) is 10.3. The van der Waals surface area contributed by atoms with Crippen molar-refractivity contribution >= 4 is 22.1 Å². The highest BCUT2D eigenvalue weighted by Crippen LogP contribution is 2.41. The van der Waals surface area contributed by atoms with E-state index in [0.29, 0.717) is 11.4 Å². The highest BCUT2D eigenvalue weighted by Gasteiger charge is 2.23. The molecule has 0 spiro atoms. The zero-order valence-corrected chi connectivity index (χ0v) is 22.5. The minimum Gasteiger partial charge on any atom is -0.334 e. The van der Waals surface area contributed by atoms with Crippen LogP contribution in [-0.4, -0.2) is 6.04 Å². The van der Waals surface area contributed by atoms with E-state index in [9.17, 15) is 4.39 Å². The fourth-order valence-corrected chi connectivity index (χ4v) is 5.39. The highest BCUT2D eigenvalue weighted by molar-refractivity contribution is 5.90. The summed E-state index contributed by atoms with van der Waals surface area (Å²) in [4.78, 5) is 1.73. The topological polar surface area (TPSA) is 3.24 Å². The van der Waals surface area contributed by atoms with Crippen molar-refractivity contribution in [2.24, 2.45) is 0 Å². The van der Waals surface area contributed by atoms with Gasteiger partial charge < -0.3 is 4.90 Å². The number of benzene rings is 6. The van der Waals surface area contributed by atoms with Crippen LogP contribution in [0, 0.1) is 11.6 Å². The molecule has 6 aromatic carbocycles. The number of rotatable bonds is 6. The van der Waals surface area contributed by atoms with Gasteiger partial charge in [-0.15, -0.1) is 0 Å². The van der Waals surface area contributed by atoms with Crippen molar-refractivity contribution in [2.45, 2.75) is 19.9 Å². The molecule has 196 valence electrons. The molecule has 0 atom stereocenters. The first-order valence-corrected chi connectivity index (χ1v) is 13.5. The Labute approximate surface area is 234 Å². The van der Waals surface area contributed by atoms with E-state index in [2.05, 4.69) is 54.6 Å². The monoisotopic (exact) mass is 525 g/mol. The Kier molecular flexibility index (Phi) is 6.88. The molecule has 40 heavy (non-hydrogen) atoms. The first-order chi connectivity index (χ1) is 19.5. The zero-order valence-electron chi connectivity index (χ0n) is 22.5. The van der Waals surface area contributed by atoms with Gasteiger partial charge in [0.05, 0.1) is 11.4 Å². The number of anilines is 2. The maximum atomic E-state index is 15.9. The SMILES string of the molecule is CC(C)N(c1ccccc1F)c1cc(-c2ccc(-c3ccc4ccccc4c3)cc2)c(-c2ccccc2)cc1F. The maximum Gasteiger partial charge on any atom is 0.147 e. The van der Waals surface area contributed by atoms with Crippen LogP contribution in [-0.2, 0) is 0 Å². The minimum atomic E-state index is -0.396. The van der Waals surface area contributed by atoms with Crippen LogP contribution < -0.4 is 4.90 Å². The van der Waals surface area contributed by atoms with Gasteiger partial charge in [-0.25, -0.2) is 8.78 Å². The van der Waals surface area contributed by atoms with Crippen LogP contribution in [0.3, 0.4) is 0 Å². The summed E-state index contributed by atoms with van der Waals surface area (Å²) in [6.45, 7) is 3.88. The van der Waals surface area contributed by atoms with Crippen molar-refractivity contribution in [2.75, 3.05) is 4.90 Å². The van der Waals surface area contributed by atoms with Gasteiger partial charge >= 0.3 is 0 Å². The van der Waals surface area contributed by atoms with Crippen molar-refractivity contribution in [3.8, 4) is 33.4 Å². The standard InChI is InChI=1S/C37H29F2N/c1-25(2)40(36-15-9-8-14-34(36)38)37-24-33(32(23-35(37)39)28-11-4-3-5-12-28)29-19-16-27(17-20-29)31-21-18-26-10-6-7-13-30(26)22-31/h3-25H,1-2H3. The van der Waals surface area contributed by atoms with Crippen LogP contribution in [0.1, 0.15) is 13.8 Å². The van der Waals surface area contributed by atoms with Crippen LogP contribution >= 0.6 is 0 Å². The third-order valence-corrected chi connectivity index (χ3v) is 7.34. The van der Waals surface area contributed by atoms with E-state index in [1.165, 1.54) is 16.8 Å². The molecule has 0 unspecified atom stereocenters. The largest absolute Gasteiger partial charge is 0.334 e. The summed E-state index contributed by atoms with van der Waals surface area (Å²) < 4.78 is 30.8. The van der Waals surface area contributed by atoms with Crippen LogP contribution in [0.4, 0.5) is 20.2 Å². The molecule has 0 fully saturated rings. The molecule has 0 radical (unpaired) electrons. The van der Waals surface area contributed by atoms with E-state index in [4.69, 9.17) is 0 Å². The van der Waals surface area contributed by atoms with Gasteiger partial charge in [-0.3, -0.25) is 0 Å². The Morgan fingerprint density at radius 1 is 0.450 bits per heavy atom. The summed E-state index contributed by atoms with van der Waals surface area (Å²) in [7, 11) is 0. The van der Waals surface area contributed by atoms with Crippen molar-refractivity contribution in [3.63, 3.8) is 0 Å². The predicted octanol–water partition coefficient (Wildman–Crippen LogP) is 10.7. The lowest BCUT2D eigenvalue weighted by Gasteiger charge is -2.31. The van der Waals surface area contributed by atoms with Gasteiger partial charge in [0.1, 0.15) is 11.6 Å². The summed E-state index contributed by atoms with van der Waals surface area (Å²) in [5.41, 5.74) is 6.49. The van der Waals surface area contributed by atoms with Gasteiger partial charge in [0.15, 0.2) is 0 Å². The Bertz CT molecular complexity index is 1790. The molecule has 3 heteroatoms. The van der Waals surface area contributed by atoms with Crippen LogP contribution in [0.15, 0.2) is 133 Å². The molecule has 6 rings (SSSR count). The smallest absolute Gasteiger partial charge is 0.147 e. The Balaban J connectivity index is 1.49. The summed E-state index contributed by atoms with van der Waals surface area (Å²) in [6.07, 6.45) is 0. The Hall–Kier alpha value is -4.76. The molecule has 0 aliphatic heterocycles. The van der Waals surface area contributed by atoms with Gasteiger partial charge in [-0.1, -0.05) is 103 Å². The predicted molar refractivity (Wildman–Crippen MR) is 164 cm³/mol. The van der Waals surface area contributed by atoms with E-state index in [-0.39, 0.29) is 11.9 Å². The maximum absolute atomic E-state index is 15.9. The van der Waals surface area contributed by atoms with Crippen molar-refractivity contribution in [3.05, 3.63) is 145 Å². The van der Waals surface area contributed by atoms with Crippen molar-refractivity contribution < 1.29 is 8.78 Å². The lowest BCUT2D eigenvalue weighted by molar-refractivity contribution is 0.602. The summed E-state index contributed by atoms with van der Waals surface area (Å²) >= 11 is 0. The fraction of sp³-hybridized carbons (Fsp3) is 0.0811. The average Bonchev–Trinajstić information content (AvgIpc) is 2.99. The molecular weight excluding hydrogens is 496 g/mol. The molecule has 1 nitrogen and oxygen atoms in total. The number of fused-ring (bicyclic) bond motifs is 1. The molecule has 0 aromatic heterocycles. The molecule has 0 heterocycles. The van der Waals surface area contributed by atoms with Gasteiger partial charge in [-0.05, 0) is 88.3 Å². The molecule has 0 amide bonds. The van der Waals surface area contributed by atoms with E-state index in [0.717, 1.165) is 33.4 Å². The molecule has 0 bridgehead atoms. The Morgan fingerprint density at radius 2 is 1.02 bits per heavy atom. The second-order valence-corrected chi connectivity index (χ2v) is 10.3. The number of hydrogen-bond donors (Lipinski definition) is 0. The van der Waals surface area contributed by atoms with E-state index in [1.807, 2.05) is 62.4 Å². The molecular formula is C37H29F2N. The minimum absolute atomic E-state index is 0.169. The Morgan fingerprint density at radius 3 is 1.75 bits per heavy atom. The summed E-state index contributed by atoms with van der Waals surface area (Å²) in [6, 6.07) is 42.8. The van der Waals surface area contributed by atoms with Gasteiger partial charge in [0, 0.05) is 6.04 Å². The van der Waals surface area contributed by atoms with E-state index < -0.39 is 5.82 Å². The molecule has 6 aromatic rings. The van der Waals surface area contributed by atoms with Crippen LogP contribution in [0.2, 0.25) is 0 Å². The summed E-state index contributed by atoms with van der Waals surface area (Å²) in [5.74, 6) is -0.781. The van der Waals surface area contributed by atoms with Gasteiger partial charge in [-0.2, -0.15) is 0 Å². The lowest BCUT2D eigenvalue weighted by Crippen LogP contribution is -2.27. The van der Waals surface area contributed by atoms with Crippen molar-refractivity contribution in [1.82, 2.24) is 0 Å². The first-order valence-electron chi connectivity index (χ1n) is 13.5. The zero-order chi connectivity index (χ0) is 27.6. The summed E-state index contributed by atoms with van der Waals surface area (Å²) in [5, 5.41) is 2.40. The van der Waals surface area contributed by atoms with Crippen molar-refractivity contribution in [1.29, 1.82) is 0 Å². The quantitative estimate of drug-likeness (QED) is 0.209. The number of nitrogens with zero attached hydrogens (tertiary/aromatic N) is 1. The normalized spacial score (nSPS) is 11.2. The lowest BCUT2D eigenvalue weighted by atomic mass is 9.92. The highest BCUT2D eigenvalue weighted by atomic mass is 19.1. The third-order valence-electron chi connectivity index (χ3n) is 7.34. The second kappa shape index (κ2) is 10.8. The molecule has 0 aliphatic rings. The van der Waals surface area contributed by atoms with Gasteiger partial charge in [0.25, 0.3) is 0 Å². The number of para-hydroxylation sites is 1. The first kappa shape index (κ1) is 25.5. The van der Waals surface area contributed by atoms with Gasteiger partial charge in [0.2, 0.25) is 0 Å². The van der Waals surface area contributed by atoms with E-state index in [1.54, 1.807) is 29.2 Å². The van der Waals surface area contributed by atoms with E-state index >= 15 is 4.39 Å². The fourth-order valence-electron chi connectivity index (χ4n) is 5.39. The average molecular weight is 526 g/mol. The molecule has 0 aliphatic carbocycles. The van der Waals surface area contributed by atoms with Crippen LogP contribution in [0.25, 0.3) is 44.2 Å².